The molecule has 2 rings (SSSR count). The summed E-state index contributed by atoms with van der Waals surface area (Å²) < 4.78 is 5.16. The van der Waals surface area contributed by atoms with Crippen LogP contribution in [0.15, 0.2) is 29.6 Å². The summed E-state index contributed by atoms with van der Waals surface area (Å²) in [5.41, 5.74) is 6.83. The number of nitrogens with one attached hydrogen (secondary N) is 1. The van der Waals surface area contributed by atoms with Crippen LogP contribution >= 0.6 is 11.3 Å². The van der Waals surface area contributed by atoms with Crippen molar-refractivity contribution in [3.05, 3.63) is 40.9 Å². The molecule has 0 aliphatic rings. The lowest BCUT2D eigenvalue weighted by Gasteiger charge is -2.23. The maximum atomic E-state index is 10.8. The van der Waals surface area contributed by atoms with Gasteiger partial charge in [-0.05, 0) is 17.7 Å². The molecule has 0 saturated heterocycles. The lowest BCUT2D eigenvalue weighted by molar-refractivity contribution is 0.259. The Morgan fingerprint density at radius 1 is 1.35 bits per heavy atom. The number of anilines is 1. The second-order valence-corrected chi connectivity index (χ2v) is 5.74. The lowest BCUT2D eigenvalue weighted by atomic mass is 9.82. The van der Waals surface area contributed by atoms with Crippen molar-refractivity contribution in [1.29, 1.82) is 0 Å². The van der Waals surface area contributed by atoms with E-state index in [9.17, 15) is 4.79 Å². The average molecular weight is 291 g/mol. The summed E-state index contributed by atoms with van der Waals surface area (Å²) in [4.78, 5) is 15.2. The van der Waals surface area contributed by atoms with Gasteiger partial charge in [0.15, 0.2) is 5.13 Å². The zero-order valence-corrected chi connectivity index (χ0v) is 12.5. The third kappa shape index (κ3) is 2.91. The minimum Gasteiger partial charge on any atom is -0.497 e. The first-order valence-electron chi connectivity index (χ1n) is 6.10. The predicted octanol–water partition coefficient (Wildman–Crippen LogP) is 2.97. The first kappa shape index (κ1) is 14.3. The molecule has 0 aliphatic heterocycles. The van der Waals surface area contributed by atoms with Gasteiger partial charge in [0.2, 0.25) is 0 Å². The van der Waals surface area contributed by atoms with E-state index in [0.717, 1.165) is 17.0 Å². The number of benzene rings is 1. The van der Waals surface area contributed by atoms with E-state index in [1.807, 2.05) is 29.6 Å². The smallest absolute Gasteiger partial charge is 0.318 e. The Morgan fingerprint density at radius 2 is 2.00 bits per heavy atom. The van der Waals surface area contributed by atoms with Gasteiger partial charge in [-0.1, -0.05) is 26.0 Å². The number of thiazole rings is 1. The monoisotopic (exact) mass is 291 g/mol. The Kier molecular flexibility index (Phi) is 3.94. The molecule has 1 aromatic heterocycles. The van der Waals surface area contributed by atoms with Gasteiger partial charge in [0.1, 0.15) is 5.75 Å². The molecule has 0 radical (unpaired) electrons. The van der Waals surface area contributed by atoms with Crippen LogP contribution in [0, 0.1) is 0 Å². The van der Waals surface area contributed by atoms with E-state index < -0.39 is 6.03 Å². The molecule has 0 saturated carbocycles. The molecule has 0 aliphatic carbocycles. The Bertz CT molecular complexity index is 605. The van der Waals surface area contributed by atoms with E-state index in [4.69, 9.17) is 10.5 Å². The molecule has 0 bridgehead atoms. The second-order valence-electron chi connectivity index (χ2n) is 4.88. The van der Waals surface area contributed by atoms with E-state index in [1.165, 1.54) is 11.3 Å². The summed E-state index contributed by atoms with van der Waals surface area (Å²) in [6, 6.07) is 7.27. The highest BCUT2D eigenvalue weighted by molar-refractivity contribution is 7.13. The fraction of sp³-hybridized carbons (Fsp3) is 0.286. The standard InChI is InChI=1S/C14H17N3O2S/c1-14(2,9-4-6-10(19-3)7-5-9)11-8-20-13(16-11)17-12(15)18/h4-8H,1-3H3,(H3,15,16,17,18). The highest BCUT2D eigenvalue weighted by atomic mass is 32.1. The largest absolute Gasteiger partial charge is 0.497 e. The van der Waals surface area contributed by atoms with Crippen LogP contribution < -0.4 is 15.8 Å². The van der Waals surface area contributed by atoms with E-state index in [0.29, 0.717) is 5.13 Å². The van der Waals surface area contributed by atoms with Crippen molar-refractivity contribution >= 4 is 22.5 Å². The third-order valence-corrected chi connectivity index (χ3v) is 3.94. The van der Waals surface area contributed by atoms with Crippen LogP contribution in [-0.4, -0.2) is 18.1 Å². The Labute approximate surface area is 121 Å². The van der Waals surface area contributed by atoms with Crippen LogP contribution in [-0.2, 0) is 5.41 Å². The fourth-order valence-electron chi connectivity index (χ4n) is 1.88. The average Bonchev–Trinajstić information content (AvgIpc) is 2.87. The number of carbonyl (C=O) groups is 1. The number of urea groups is 1. The van der Waals surface area contributed by atoms with E-state index in [2.05, 4.69) is 24.1 Å². The number of nitrogens with zero attached hydrogens (tertiary/aromatic N) is 1. The maximum absolute atomic E-state index is 10.8. The zero-order valence-electron chi connectivity index (χ0n) is 11.6. The van der Waals surface area contributed by atoms with Crippen molar-refractivity contribution < 1.29 is 9.53 Å². The van der Waals surface area contributed by atoms with Gasteiger partial charge in [-0.25, -0.2) is 9.78 Å². The van der Waals surface area contributed by atoms with Crippen LogP contribution in [0.2, 0.25) is 0 Å². The number of methoxy groups -OCH3 is 1. The van der Waals surface area contributed by atoms with Gasteiger partial charge < -0.3 is 10.5 Å². The molecular formula is C14H17N3O2S. The van der Waals surface area contributed by atoms with E-state index in [-0.39, 0.29) is 5.41 Å². The van der Waals surface area contributed by atoms with Gasteiger partial charge in [0.25, 0.3) is 0 Å². The normalized spacial score (nSPS) is 11.2. The molecule has 6 heteroatoms. The van der Waals surface area contributed by atoms with Crippen molar-refractivity contribution in [2.24, 2.45) is 5.73 Å². The van der Waals surface area contributed by atoms with Crippen molar-refractivity contribution in [1.82, 2.24) is 4.98 Å². The fourth-order valence-corrected chi connectivity index (χ4v) is 2.76. The molecule has 3 N–H and O–H groups in total. The van der Waals surface area contributed by atoms with Crippen molar-refractivity contribution in [2.75, 3.05) is 12.4 Å². The minimum absolute atomic E-state index is 0.264. The summed E-state index contributed by atoms with van der Waals surface area (Å²) in [6.07, 6.45) is 0. The molecule has 0 unspecified atom stereocenters. The first-order valence-corrected chi connectivity index (χ1v) is 6.98. The number of hydrogen-bond acceptors (Lipinski definition) is 4. The zero-order chi connectivity index (χ0) is 14.8. The van der Waals surface area contributed by atoms with Gasteiger partial charge in [-0.15, -0.1) is 11.3 Å². The molecule has 0 fully saturated rings. The van der Waals surface area contributed by atoms with Crippen LogP contribution in [0.5, 0.6) is 5.75 Å². The molecule has 0 atom stereocenters. The molecule has 1 aromatic carbocycles. The Morgan fingerprint density at radius 3 is 2.55 bits per heavy atom. The second kappa shape index (κ2) is 5.50. The van der Waals surface area contributed by atoms with E-state index in [1.54, 1.807) is 7.11 Å². The number of aromatic nitrogens is 1. The Balaban J connectivity index is 2.28. The highest BCUT2D eigenvalue weighted by Crippen LogP contribution is 2.34. The van der Waals surface area contributed by atoms with Gasteiger partial charge in [-0.3, -0.25) is 5.32 Å². The molecule has 5 nitrogen and oxygen atoms in total. The number of rotatable bonds is 4. The van der Waals surface area contributed by atoms with Crippen LogP contribution in [0.1, 0.15) is 25.1 Å². The topological polar surface area (TPSA) is 77.2 Å². The molecule has 1 heterocycles. The number of primary amides is 1. The van der Waals surface area contributed by atoms with Crippen LogP contribution in [0.4, 0.5) is 9.93 Å². The van der Waals surface area contributed by atoms with Crippen LogP contribution in [0.3, 0.4) is 0 Å². The summed E-state index contributed by atoms with van der Waals surface area (Å²) in [6.45, 7) is 4.16. The number of amides is 2. The summed E-state index contributed by atoms with van der Waals surface area (Å²) in [7, 11) is 1.64. The summed E-state index contributed by atoms with van der Waals surface area (Å²) in [5, 5.41) is 4.93. The lowest BCUT2D eigenvalue weighted by Crippen LogP contribution is -2.21. The predicted molar refractivity (Wildman–Crippen MR) is 80.4 cm³/mol. The number of nitrogens with two attached hydrogens (primary N) is 1. The molecule has 2 aromatic rings. The van der Waals surface area contributed by atoms with Gasteiger partial charge >= 0.3 is 6.03 Å². The minimum atomic E-state index is -0.604. The third-order valence-electron chi connectivity index (χ3n) is 3.19. The first-order chi connectivity index (χ1) is 9.43. The summed E-state index contributed by atoms with van der Waals surface area (Å²) >= 11 is 1.36. The van der Waals surface area contributed by atoms with Crippen molar-refractivity contribution in [3.63, 3.8) is 0 Å². The van der Waals surface area contributed by atoms with Crippen molar-refractivity contribution in [3.8, 4) is 5.75 Å². The quantitative estimate of drug-likeness (QED) is 0.909. The summed E-state index contributed by atoms with van der Waals surface area (Å²) in [5.74, 6) is 0.818. The number of ether oxygens (including phenoxy) is 1. The van der Waals surface area contributed by atoms with Crippen LogP contribution in [0.25, 0.3) is 0 Å². The SMILES string of the molecule is COc1ccc(C(C)(C)c2csc(NC(N)=O)n2)cc1. The maximum Gasteiger partial charge on any atom is 0.318 e. The van der Waals surface area contributed by atoms with Crippen molar-refractivity contribution in [2.45, 2.75) is 19.3 Å². The highest BCUT2D eigenvalue weighted by Gasteiger charge is 2.26. The number of hydrogen-bond donors (Lipinski definition) is 2. The molecule has 0 spiro atoms. The van der Waals surface area contributed by atoms with Gasteiger partial charge in [0.05, 0.1) is 12.8 Å². The van der Waals surface area contributed by atoms with Gasteiger partial charge in [0, 0.05) is 10.8 Å². The Hall–Kier alpha value is -2.08. The number of carbonyl (C=O) groups excluding carboxylic acids is 1. The molecule has 20 heavy (non-hydrogen) atoms. The van der Waals surface area contributed by atoms with E-state index >= 15 is 0 Å². The molecule has 106 valence electrons. The molecule has 2 amide bonds. The van der Waals surface area contributed by atoms with Gasteiger partial charge in [-0.2, -0.15) is 0 Å². The molecular weight excluding hydrogens is 274 g/mol.